The second-order valence-electron chi connectivity index (χ2n) is 3.95. The summed E-state index contributed by atoms with van der Waals surface area (Å²) in [5.74, 6) is 0.888. The standard InChI is InChI=1S/C13H15N3O/c1-16(2)13-8-4-7-12(15-13)11-6-3-5-10(9-17)14-11/h3-8,17H,9H2,1-2H3. The first-order chi connectivity index (χ1) is 8.20. The Morgan fingerprint density at radius 3 is 2.29 bits per heavy atom. The van der Waals surface area contributed by atoms with Crippen LogP contribution in [0.15, 0.2) is 36.4 Å². The molecule has 0 saturated carbocycles. The Hall–Kier alpha value is -1.94. The van der Waals surface area contributed by atoms with Gasteiger partial charge in [-0.1, -0.05) is 12.1 Å². The lowest BCUT2D eigenvalue weighted by atomic mass is 10.2. The summed E-state index contributed by atoms with van der Waals surface area (Å²) in [6.45, 7) is -0.0544. The van der Waals surface area contributed by atoms with E-state index < -0.39 is 0 Å². The van der Waals surface area contributed by atoms with E-state index in [0.717, 1.165) is 17.2 Å². The fourth-order valence-corrected chi connectivity index (χ4v) is 1.53. The molecule has 2 aromatic heterocycles. The van der Waals surface area contributed by atoms with Gasteiger partial charge < -0.3 is 10.0 Å². The van der Waals surface area contributed by atoms with Crippen LogP contribution >= 0.6 is 0 Å². The first-order valence-corrected chi connectivity index (χ1v) is 5.42. The van der Waals surface area contributed by atoms with Gasteiger partial charge in [0, 0.05) is 14.1 Å². The van der Waals surface area contributed by atoms with Crippen molar-refractivity contribution in [3.8, 4) is 11.4 Å². The Kier molecular flexibility index (Phi) is 3.35. The molecule has 1 N–H and O–H groups in total. The Morgan fingerprint density at radius 1 is 1.00 bits per heavy atom. The van der Waals surface area contributed by atoms with Crippen molar-refractivity contribution in [1.29, 1.82) is 0 Å². The minimum absolute atomic E-state index is 0.0544. The molecule has 0 aliphatic carbocycles. The van der Waals surface area contributed by atoms with E-state index in [1.807, 2.05) is 49.3 Å². The summed E-state index contributed by atoms with van der Waals surface area (Å²) in [4.78, 5) is 10.8. The molecule has 2 rings (SSSR count). The number of nitrogens with zero attached hydrogens (tertiary/aromatic N) is 3. The highest BCUT2D eigenvalue weighted by Crippen LogP contribution is 2.18. The van der Waals surface area contributed by atoms with E-state index in [1.54, 1.807) is 6.07 Å². The molecule has 88 valence electrons. The van der Waals surface area contributed by atoms with Crippen LogP contribution in [0.3, 0.4) is 0 Å². The molecule has 17 heavy (non-hydrogen) atoms. The quantitative estimate of drug-likeness (QED) is 0.870. The van der Waals surface area contributed by atoms with Gasteiger partial charge in [-0.3, -0.25) is 0 Å². The molecule has 0 bridgehead atoms. The normalized spacial score (nSPS) is 10.3. The molecule has 0 amide bonds. The fourth-order valence-electron chi connectivity index (χ4n) is 1.53. The summed E-state index contributed by atoms with van der Waals surface area (Å²) in [7, 11) is 3.90. The SMILES string of the molecule is CN(C)c1cccc(-c2cccc(CO)n2)n1. The van der Waals surface area contributed by atoms with E-state index in [4.69, 9.17) is 5.11 Å². The maximum Gasteiger partial charge on any atom is 0.128 e. The monoisotopic (exact) mass is 229 g/mol. The van der Waals surface area contributed by atoms with Crippen molar-refractivity contribution in [3.63, 3.8) is 0 Å². The van der Waals surface area contributed by atoms with E-state index in [1.165, 1.54) is 0 Å². The second-order valence-corrected chi connectivity index (χ2v) is 3.95. The highest BCUT2D eigenvalue weighted by molar-refractivity contribution is 5.57. The Balaban J connectivity index is 2.41. The van der Waals surface area contributed by atoms with Crippen molar-refractivity contribution in [2.75, 3.05) is 19.0 Å². The van der Waals surface area contributed by atoms with E-state index in [9.17, 15) is 0 Å². The molecule has 4 heteroatoms. The smallest absolute Gasteiger partial charge is 0.128 e. The van der Waals surface area contributed by atoms with Gasteiger partial charge in [0.05, 0.1) is 23.7 Å². The van der Waals surface area contributed by atoms with Crippen molar-refractivity contribution in [2.45, 2.75) is 6.61 Å². The summed E-state index contributed by atoms with van der Waals surface area (Å²) in [6, 6.07) is 11.4. The highest BCUT2D eigenvalue weighted by Gasteiger charge is 2.04. The van der Waals surface area contributed by atoms with Gasteiger partial charge in [0.1, 0.15) is 5.82 Å². The number of pyridine rings is 2. The Morgan fingerprint density at radius 2 is 1.65 bits per heavy atom. The minimum atomic E-state index is -0.0544. The molecule has 0 aliphatic rings. The maximum absolute atomic E-state index is 9.06. The number of anilines is 1. The lowest BCUT2D eigenvalue weighted by Crippen LogP contribution is -2.10. The number of aliphatic hydroxyl groups is 1. The minimum Gasteiger partial charge on any atom is -0.390 e. The predicted octanol–water partition coefficient (Wildman–Crippen LogP) is 1.70. The van der Waals surface area contributed by atoms with Crippen LogP contribution in [0, 0.1) is 0 Å². The zero-order valence-corrected chi connectivity index (χ0v) is 9.96. The zero-order valence-electron chi connectivity index (χ0n) is 9.96. The third kappa shape index (κ3) is 2.60. The number of hydrogen-bond acceptors (Lipinski definition) is 4. The lowest BCUT2D eigenvalue weighted by molar-refractivity contribution is 0.277. The van der Waals surface area contributed by atoms with Crippen LogP contribution in [0.5, 0.6) is 0 Å². The number of hydrogen-bond donors (Lipinski definition) is 1. The molecule has 4 nitrogen and oxygen atoms in total. The molecule has 2 aromatic rings. The number of aromatic nitrogens is 2. The van der Waals surface area contributed by atoms with Gasteiger partial charge in [0.25, 0.3) is 0 Å². The summed E-state index contributed by atoms with van der Waals surface area (Å²) in [6.07, 6.45) is 0. The van der Waals surface area contributed by atoms with Gasteiger partial charge in [-0.05, 0) is 24.3 Å². The molecule has 0 spiro atoms. The van der Waals surface area contributed by atoms with E-state index in [0.29, 0.717) is 5.69 Å². The summed E-state index contributed by atoms with van der Waals surface area (Å²) < 4.78 is 0. The van der Waals surface area contributed by atoms with Gasteiger partial charge in [-0.2, -0.15) is 0 Å². The molecule has 0 unspecified atom stereocenters. The molecular weight excluding hydrogens is 214 g/mol. The van der Waals surface area contributed by atoms with Crippen LogP contribution in [0.4, 0.5) is 5.82 Å². The Labute approximate surface area is 101 Å². The van der Waals surface area contributed by atoms with Gasteiger partial charge >= 0.3 is 0 Å². The van der Waals surface area contributed by atoms with Gasteiger partial charge in [0.2, 0.25) is 0 Å². The molecule has 0 aliphatic heterocycles. The van der Waals surface area contributed by atoms with Gasteiger partial charge in [0.15, 0.2) is 0 Å². The molecule has 0 atom stereocenters. The van der Waals surface area contributed by atoms with E-state index in [2.05, 4.69) is 9.97 Å². The van der Waals surface area contributed by atoms with Crippen LogP contribution in [-0.2, 0) is 6.61 Å². The predicted molar refractivity (Wildman–Crippen MR) is 67.7 cm³/mol. The lowest BCUT2D eigenvalue weighted by Gasteiger charge is -2.12. The van der Waals surface area contributed by atoms with Crippen LogP contribution in [0.2, 0.25) is 0 Å². The number of aliphatic hydroxyl groups excluding tert-OH is 1. The summed E-state index contributed by atoms with van der Waals surface area (Å²) in [5, 5.41) is 9.06. The van der Waals surface area contributed by atoms with E-state index >= 15 is 0 Å². The van der Waals surface area contributed by atoms with Crippen molar-refractivity contribution < 1.29 is 5.11 Å². The van der Waals surface area contributed by atoms with Crippen molar-refractivity contribution in [3.05, 3.63) is 42.1 Å². The highest BCUT2D eigenvalue weighted by atomic mass is 16.3. The second kappa shape index (κ2) is 4.93. The molecule has 0 saturated heterocycles. The first-order valence-electron chi connectivity index (χ1n) is 5.42. The average Bonchev–Trinajstić information content (AvgIpc) is 2.39. The zero-order chi connectivity index (χ0) is 12.3. The van der Waals surface area contributed by atoms with Crippen LogP contribution < -0.4 is 4.90 Å². The van der Waals surface area contributed by atoms with Crippen LogP contribution in [-0.4, -0.2) is 29.2 Å². The third-order valence-electron chi connectivity index (χ3n) is 2.42. The fraction of sp³-hybridized carbons (Fsp3) is 0.231. The molecule has 2 heterocycles. The van der Waals surface area contributed by atoms with Gasteiger partial charge in [-0.25, -0.2) is 9.97 Å². The number of rotatable bonds is 3. The largest absolute Gasteiger partial charge is 0.390 e. The molecular formula is C13H15N3O. The van der Waals surface area contributed by atoms with Crippen molar-refractivity contribution >= 4 is 5.82 Å². The van der Waals surface area contributed by atoms with Crippen LogP contribution in [0.25, 0.3) is 11.4 Å². The van der Waals surface area contributed by atoms with Gasteiger partial charge in [-0.15, -0.1) is 0 Å². The first kappa shape index (κ1) is 11.5. The third-order valence-corrected chi connectivity index (χ3v) is 2.42. The molecule has 0 radical (unpaired) electrons. The summed E-state index contributed by atoms with van der Waals surface area (Å²) in [5.41, 5.74) is 2.24. The molecule has 0 fully saturated rings. The molecule has 0 aromatic carbocycles. The summed E-state index contributed by atoms with van der Waals surface area (Å²) >= 11 is 0. The Bertz CT molecular complexity index is 512. The topological polar surface area (TPSA) is 49.2 Å². The van der Waals surface area contributed by atoms with Crippen molar-refractivity contribution in [1.82, 2.24) is 9.97 Å². The van der Waals surface area contributed by atoms with Crippen LogP contribution in [0.1, 0.15) is 5.69 Å². The average molecular weight is 229 g/mol. The maximum atomic E-state index is 9.06. The van der Waals surface area contributed by atoms with E-state index in [-0.39, 0.29) is 6.61 Å². The van der Waals surface area contributed by atoms with Crippen molar-refractivity contribution in [2.24, 2.45) is 0 Å².